The molecule has 0 bridgehead atoms. The van der Waals surface area contributed by atoms with Gasteiger partial charge in [0.15, 0.2) is 0 Å². The van der Waals surface area contributed by atoms with Gasteiger partial charge in [0.2, 0.25) is 5.91 Å². The smallest absolute Gasteiger partial charge is 0.329 e. The number of halogens is 2. The Morgan fingerprint density at radius 1 is 0.926 bits per heavy atom. The highest BCUT2D eigenvalue weighted by atomic mass is 19.1. The molecule has 0 fully saturated rings. The number of rotatable bonds is 8. The molecule has 1 aromatic carbocycles. The lowest BCUT2D eigenvalue weighted by molar-refractivity contribution is -0.159. The highest BCUT2D eigenvalue weighted by Crippen LogP contribution is 2.15. The zero-order valence-electron chi connectivity index (χ0n) is 14.9. The van der Waals surface area contributed by atoms with Gasteiger partial charge >= 0.3 is 17.9 Å². The van der Waals surface area contributed by atoms with E-state index in [4.69, 9.17) is 0 Å². The molecule has 0 aliphatic heterocycles. The van der Waals surface area contributed by atoms with Gasteiger partial charge in [-0.05, 0) is 17.7 Å². The van der Waals surface area contributed by atoms with Crippen molar-refractivity contribution < 1.29 is 42.2 Å². The summed E-state index contributed by atoms with van der Waals surface area (Å²) in [5, 5.41) is 2.23. The van der Waals surface area contributed by atoms with Gasteiger partial charge in [-0.15, -0.1) is 0 Å². The molecule has 0 saturated carbocycles. The Balaban J connectivity index is 3.03. The van der Waals surface area contributed by atoms with Gasteiger partial charge in [0, 0.05) is 6.07 Å². The number of methoxy groups -OCH3 is 3. The molecule has 0 aromatic heterocycles. The Kier molecular flexibility index (Phi) is 8.31. The molecule has 8 nitrogen and oxygen atoms in total. The fourth-order valence-electron chi connectivity index (χ4n) is 2.33. The predicted molar refractivity (Wildman–Crippen MR) is 86.1 cm³/mol. The SMILES string of the molecule is COC(=O)C[C@@H](C(=O)OC)[C@@H](NC(=O)Cc1cc(F)cc(F)c1)C(=O)OC. The van der Waals surface area contributed by atoms with Gasteiger partial charge < -0.3 is 19.5 Å². The van der Waals surface area contributed by atoms with E-state index in [-0.39, 0.29) is 5.56 Å². The van der Waals surface area contributed by atoms with E-state index in [0.29, 0.717) is 6.07 Å². The number of amides is 1. The molecular weight excluding hydrogens is 368 g/mol. The number of hydrogen-bond donors (Lipinski definition) is 1. The van der Waals surface area contributed by atoms with E-state index in [1.165, 1.54) is 0 Å². The van der Waals surface area contributed by atoms with Crippen LogP contribution in [0.5, 0.6) is 0 Å². The monoisotopic (exact) mass is 387 g/mol. The summed E-state index contributed by atoms with van der Waals surface area (Å²) in [6.45, 7) is 0. The number of nitrogens with one attached hydrogen (secondary N) is 1. The van der Waals surface area contributed by atoms with Gasteiger partial charge in [0.05, 0.1) is 40.1 Å². The van der Waals surface area contributed by atoms with Crippen LogP contribution in [0, 0.1) is 17.6 Å². The molecule has 0 aliphatic rings. The molecule has 0 spiro atoms. The van der Waals surface area contributed by atoms with Crippen molar-refractivity contribution in [2.45, 2.75) is 18.9 Å². The summed E-state index contributed by atoms with van der Waals surface area (Å²) < 4.78 is 40.0. The van der Waals surface area contributed by atoms with Gasteiger partial charge in [0.1, 0.15) is 17.7 Å². The molecule has 27 heavy (non-hydrogen) atoms. The molecule has 0 aliphatic carbocycles. The van der Waals surface area contributed by atoms with Crippen LogP contribution < -0.4 is 5.32 Å². The predicted octanol–water partition coefficient (Wildman–Crippen LogP) is 0.517. The van der Waals surface area contributed by atoms with E-state index in [9.17, 15) is 28.0 Å². The maximum absolute atomic E-state index is 13.2. The number of carbonyl (C=O) groups is 4. The number of esters is 3. The lowest BCUT2D eigenvalue weighted by Crippen LogP contribution is -2.50. The van der Waals surface area contributed by atoms with Gasteiger partial charge in [-0.25, -0.2) is 13.6 Å². The number of benzene rings is 1. The van der Waals surface area contributed by atoms with E-state index in [1.807, 2.05) is 0 Å². The Labute approximate surface area is 153 Å². The minimum absolute atomic E-state index is 0.0104. The maximum atomic E-state index is 13.2. The molecule has 2 atom stereocenters. The van der Waals surface area contributed by atoms with Crippen molar-refractivity contribution in [3.05, 3.63) is 35.4 Å². The first-order valence-corrected chi connectivity index (χ1v) is 7.68. The number of carbonyl (C=O) groups excluding carboxylic acids is 4. The first-order valence-electron chi connectivity index (χ1n) is 7.68. The minimum atomic E-state index is -1.56. The molecule has 1 aromatic rings. The molecular formula is C17H19F2NO7. The topological polar surface area (TPSA) is 108 Å². The lowest BCUT2D eigenvalue weighted by atomic mass is 9.95. The van der Waals surface area contributed by atoms with Crippen molar-refractivity contribution in [3.63, 3.8) is 0 Å². The lowest BCUT2D eigenvalue weighted by Gasteiger charge is -2.23. The highest BCUT2D eigenvalue weighted by molar-refractivity contribution is 5.91. The van der Waals surface area contributed by atoms with E-state index < -0.39 is 60.3 Å². The Bertz CT molecular complexity index is 703. The normalized spacial score (nSPS) is 12.5. The summed E-state index contributed by atoms with van der Waals surface area (Å²) in [6.07, 6.45) is -1.04. The molecule has 1 rings (SSSR count). The largest absolute Gasteiger partial charge is 0.469 e. The second kappa shape index (κ2) is 10.2. The summed E-state index contributed by atoms with van der Waals surface area (Å²) in [6, 6.07) is 0.972. The van der Waals surface area contributed by atoms with E-state index in [1.54, 1.807) is 0 Å². The second-order valence-corrected chi connectivity index (χ2v) is 5.43. The van der Waals surface area contributed by atoms with Gasteiger partial charge in [-0.2, -0.15) is 0 Å². The molecule has 0 radical (unpaired) electrons. The third-order valence-corrected chi connectivity index (χ3v) is 3.58. The van der Waals surface area contributed by atoms with E-state index in [2.05, 4.69) is 19.5 Å². The Morgan fingerprint density at radius 3 is 1.96 bits per heavy atom. The summed E-state index contributed by atoms with van der Waals surface area (Å²) in [4.78, 5) is 47.7. The molecule has 0 heterocycles. The van der Waals surface area contributed by atoms with Gasteiger partial charge in [-0.1, -0.05) is 0 Å². The quantitative estimate of drug-likeness (QED) is 0.512. The summed E-state index contributed by atoms with van der Waals surface area (Å²) >= 11 is 0. The van der Waals surface area contributed by atoms with Gasteiger partial charge in [-0.3, -0.25) is 14.4 Å². The van der Waals surface area contributed by atoms with Gasteiger partial charge in [0.25, 0.3) is 0 Å². The summed E-state index contributed by atoms with van der Waals surface area (Å²) in [7, 11) is 3.15. The minimum Gasteiger partial charge on any atom is -0.469 e. The molecule has 1 N–H and O–H groups in total. The van der Waals surface area contributed by atoms with Crippen molar-refractivity contribution in [3.8, 4) is 0 Å². The second-order valence-electron chi connectivity index (χ2n) is 5.43. The van der Waals surface area contributed by atoms with Crippen LogP contribution >= 0.6 is 0 Å². The van der Waals surface area contributed by atoms with Crippen LogP contribution in [0.15, 0.2) is 18.2 Å². The third kappa shape index (κ3) is 6.65. The van der Waals surface area contributed by atoms with E-state index in [0.717, 1.165) is 33.5 Å². The average Bonchev–Trinajstić information content (AvgIpc) is 2.61. The Hall–Kier alpha value is -3.04. The van der Waals surface area contributed by atoms with Crippen molar-refractivity contribution >= 4 is 23.8 Å². The fourth-order valence-corrected chi connectivity index (χ4v) is 2.33. The zero-order chi connectivity index (χ0) is 20.6. The standard InChI is InChI=1S/C17H19F2NO7/c1-25-14(22)8-12(16(23)26-2)15(17(24)27-3)20-13(21)6-9-4-10(18)7-11(19)5-9/h4-5,7,12,15H,6,8H2,1-3H3,(H,20,21)/t12-,15-/m1/s1. The van der Waals surface area contributed by atoms with Crippen LogP contribution in [0.1, 0.15) is 12.0 Å². The van der Waals surface area contributed by atoms with Crippen LogP contribution in [-0.2, 0) is 39.8 Å². The average molecular weight is 387 g/mol. The molecule has 0 saturated heterocycles. The van der Waals surface area contributed by atoms with Crippen molar-refractivity contribution in [2.24, 2.45) is 5.92 Å². The third-order valence-electron chi connectivity index (χ3n) is 3.58. The van der Waals surface area contributed by atoms with Crippen LogP contribution in [0.3, 0.4) is 0 Å². The Morgan fingerprint density at radius 2 is 1.48 bits per heavy atom. The van der Waals surface area contributed by atoms with Crippen LogP contribution in [0.4, 0.5) is 8.78 Å². The summed E-state index contributed by atoms with van der Waals surface area (Å²) in [5.74, 6) is -6.76. The maximum Gasteiger partial charge on any atom is 0.329 e. The zero-order valence-corrected chi connectivity index (χ0v) is 14.9. The molecule has 0 unspecified atom stereocenters. The molecule has 10 heteroatoms. The van der Waals surface area contributed by atoms with Crippen LogP contribution in [0.25, 0.3) is 0 Å². The van der Waals surface area contributed by atoms with Crippen molar-refractivity contribution in [1.29, 1.82) is 0 Å². The van der Waals surface area contributed by atoms with Crippen molar-refractivity contribution in [2.75, 3.05) is 21.3 Å². The number of ether oxygens (including phenoxy) is 3. The molecule has 148 valence electrons. The fraction of sp³-hybridized carbons (Fsp3) is 0.412. The molecule has 1 amide bonds. The van der Waals surface area contributed by atoms with Crippen LogP contribution in [0.2, 0.25) is 0 Å². The first kappa shape index (κ1) is 22.0. The highest BCUT2D eigenvalue weighted by Gasteiger charge is 2.38. The van der Waals surface area contributed by atoms with Crippen molar-refractivity contribution in [1.82, 2.24) is 5.32 Å². The summed E-state index contributed by atoms with van der Waals surface area (Å²) in [5.41, 5.74) is 0.0104. The van der Waals surface area contributed by atoms with Crippen LogP contribution in [-0.4, -0.2) is 51.2 Å². The van der Waals surface area contributed by atoms with E-state index >= 15 is 0 Å². The first-order chi connectivity index (χ1) is 12.7. The number of hydrogen-bond acceptors (Lipinski definition) is 7.